The third-order valence-corrected chi connectivity index (χ3v) is 2.50. The molecule has 0 saturated carbocycles. The molecule has 0 bridgehead atoms. The molecular formula is C13H22N2O. The van der Waals surface area contributed by atoms with E-state index in [4.69, 9.17) is 4.74 Å². The van der Waals surface area contributed by atoms with Gasteiger partial charge in [-0.05, 0) is 26.5 Å². The van der Waals surface area contributed by atoms with Gasteiger partial charge in [-0.15, -0.1) is 0 Å². The molecular weight excluding hydrogens is 200 g/mol. The highest BCUT2D eigenvalue weighted by molar-refractivity contribution is 5.02. The molecule has 1 aliphatic rings. The molecule has 0 unspecified atom stereocenters. The zero-order chi connectivity index (χ0) is 11.8. The Morgan fingerprint density at radius 1 is 1.19 bits per heavy atom. The summed E-state index contributed by atoms with van der Waals surface area (Å²) in [5.74, 6) is 6.17. The number of hydrogen-bond acceptors (Lipinski definition) is 3. The van der Waals surface area contributed by atoms with Gasteiger partial charge in [-0.1, -0.05) is 11.8 Å². The number of ether oxygens (including phenoxy) is 1. The van der Waals surface area contributed by atoms with E-state index in [1.807, 2.05) is 13.8 Å². The van der Waals surface area contributed by atoms with Crippen molar-refractivity contribution >= 4 is 0 Å². The van der Waals surface area contributed by atoms with Crippen molar-refractivity contribution in [2.24, 2.45) is 0 Å². The van der Waals surface area contributed by atoms with Crippen LogP contribution in [0.25, 0.3) is 0 Å². The van der Waals surface area contributed by atoms with Gasteiger partial charge in [0.25, 0.3) is 0 Å². The van der Waals surface area contributed by atoms with Gasteiger partial charge in [0, 0.05) is 26.2 Å². The molecule has 1 heterocycles. The van der Waals surface area contributed by atoms with E-state index in [1.165, 1.54) is 5.57 Å². The molecule has 0 atom stereocenters. The van der Waals surface area contributed by atoms with E-state index in [1.54, 1.807) is 6.26 Å². The van der Waals surface area contributed by atoms with E-state index in [0.717, 1.165) is 32.7 Å². The molecule has 16 heavy (non-hydrogen) atoms. The Bertz CT molecular complexity index is 276. The molecule has 3 heteroatoms. The number of piperazine rings is 1. The second-order valence-corrected chi connectivity index (χ2v) is 4.44. The van der Waals surface area contributed by atoms with Crippen LogP contribution in [-0.2, 0) is 4.74 Å². The molecule has 1 saturated heterocycles. The fourth-order valence-electron chi connectivity index (χ4n) is 1.47. The lowest BCUT2D eigenvalue weighted by molar-refractivity contribution is 0.168. The monoisotopic (exact) mass is 222 g/mol. The summed E-state index contributed by atoms with van der Waals surface area (Å²) in [5.41, 5.74) is 1.17. The molecule has 0 aliphatic carbocycles. The Balaban J connectivity index is 2.10. The van der Waals surface area contributed by atoms with Crippen LogP contribution in [0, 0.1) is 11.8 Å². The van der Waals surface area contributed by atoms with Gasteiger partial charge in [-0.3, -0.25) is 4.90 Å². The summed E-state index contributed by atoms with van der Waals surface area (Å²) in [4.78, 5) is 4.73. The summed E-state index contributed by atoms with van der Waals surface area (Å²) >= 11 is 0. The van der Waals surface area contributed by atoms with E-state index in [9.17, 15) is 0 Å². The van der Waals surface area contributed by atoms with Gasteiger partial charge in [0.1, 0.15) is 6.61 Å². The summed E-state index contributed by atoms with van der Waals surface area (Å²) in [7, 11) is 2.16. The van der Waals surface area contributed by atoms with Crippen LogP contribution >= 0.6 is 0 Å². The van der Waals surface area contributed by atoms with Crippen LogP contribution in [0.3, 0.4) is 0 Å². The normalized spacial score (nSPS) is 17.4. The zero-order valence-corrected chi connectivity index (χ0v) is 10.6. The Morgan fingerprint density at radius 2 is 1.88 bits per heavy atom. The highest BCUT2D eigenvalue weighted by Gasteiger charge is 2.11. The van der Waals surface area contributed by atoms with Gasteiger partial charge >= 0.3 is 0 Å². The van der Waals surface area contributed by atoms with E-state index >= 15 is 0 Å². The first-order chi connectivity index (χ1) is 7.68. The maximum atomic E-state index is 5.24. The molecule has 0 amide bonds. The molecule has 0 aromatic carbocycles. The van der Waals surface area contributed by atoms with Gasteiger partial charge in [0.15, 0.2) is 0 Å². The van der Waals surface area contributed by atoms with Crippen molar-refractivity contribution in [1.82, 2.24) is 9.80 Å². The second-order valence-electron chi connectivity index (χ2n) is 4.44. The Kier molecular flexibility index (Phi) is 5.99. The Hall–Kier alpha value is -0.980. The fraction of sp³-hybridized carbons (Fsp3) is 0.692. The molecule has 0 aromatic heterocycles. The molecule has 1 fully saturated rings. The Morgan fingerprint density at radius 3 is 2.50 bits per heavy atom. The van der Waals surface area contributed by atoms with Crippen LogP contribution in [-0.4, -0.2) is 56.2 Å². The fourth-order valence-corrected chi connectivity index (χ4v) is 1.47. The van der Waals surface area contributed by atoms with Crippen LogP contribution < -0.4 is 0 Å². The summed E-state index contributed by atoms with van der Waals surface area (Å²) in [5, 5.41) is 0. The summed E-state index contributed by atoms with van der Waals surface area (Å²) < 4.78 is 5.24. The van der Waals surface area contributed by atoms with Crippen molar-refractivity contribution in [1.29, 1.82) is 0 Å². The van der Waals surface area contributed by atoms with Crippen molar-refractivity contribution in [3.05, 3.63) is 11.8 Å². The lowest BCUT2D eigenvalue weighted by Crippen LogP contribution is -2.44. The molecule has 0 spiro atoms. The summed E-state index contributed by atoms with van der Waals surface area (Å²) in [6, 6.07) is 0. The van der Waals surface area contributed by atoms with Gasteiger partial charge in [-0.25, -0.2) is 0 Å². The highest BCUT2D eigenvalue weighted by atomic mass is 16.5. The quantitative estimate of drug-likeness (QED) is 0.405. The number of allylic oxidation sites excluding steroid dienone is 1. The molecule has 3 nitrogen and oxygen atoms in total. The largest absolute Gasteiger partial charge is 0.489 e. The van der Waals surface area contributed by atoms with Crippen molar-refractivity contribution < 1.29 is 4.74 Å². The summed E-state index contributed by atoms with van der Waals surface area (Å²) in [6.45, 7) is 9.94. The van der Waals surface area contributed by atoms with Crippen molar-refractivity contribution in [2.45, 2.75) is 13.8 Å². The third kappa shape index (κ3) is 5.79. The van der Waals surface area contributed by atoms with Gasteiger partial charge in [-0.2, -0.15) is 0 Å². The predicted octanol–water partition coefficient (Wildman–Crippen LogP) is 1.18. The SMILES string of the molecule is CC(C)=COCC#CCN1CCN(C)CC1. The Labute approximate surface area is 99.1 Å². The van der Waals surface area contributed by atoms with E-state index in [2.05, 4.69) is 28.7 Å². The van der Waals surface area contributed by atoms with Crippen LogP contribution in [0.1, 0.15) is 13.8 Å². The van der Waals surface area contributed by atoms with Crippen LogP contribution in [0.2, 0.25) is 0 Å². The van der Waals surface area contributed by atoms with Crippen LogP contribution in [0.4, 0.5) is 0 Å². The van der Waals surface area contributed by atoms with Crippen molar-refractivity contribution in [3.8, 4) is 11.8 Å². The molecule has 1 rings (SSSR count). The average molecular weight is 222 g/mol. The maximum absolute atomic E-state index is 5.24. The first-order valence-electron chi connectivity index (χ1n) is 5.80. The number of hydrogen-bond donors (Lipinski definition) is 0. The minimum absolute atomic E-state index is 0.499. The minimum atomic E-state index is 0.499. The molecule has 90 valence electrons. The smallest absolute Gasteiger partial charge is 0.148 e. The van der Waals surface area contributed by atoms with Gasteiger partial charge < -0.3 is 9.64 Å². The minimum Gasteiger partial charge on any atom is -0.489 e. The lowest BCUT2D eigenvalue weighted by atomic mass is 10.3. The standard InChI is InChI=1S/C13H22N2O/c1-13(2)12-16-11-5-4-6-15-9-7-14(3)8-10-15/h12H,6-11H2,1-3H3. The van der Waals surface area contributed by atoms with E-state index < -0.39 is 0 Å². The highest BCUT2D eigenvalue weighted by Crippen LogP contribution is 1.97. The number of rotatable bonds is 3. The predicted molar refractivity (Wildman–Crippen MR) is 67.1 cm³/mol. The number of nitrogens with zero attached hydrogens (tertiary/aromatic N) is 2. The van der Waals surface area contributed by atoms with Gasteiger partial charge in [0.2, 0.25) is 0 Å². The summed E-state index contributed by atoms with van der Waals surface area (Å²) in [6.07, 6.45) is 1.75. The average Bonchev–Trinajstić information content (AvgIpc) is 2.25. The first kappa shape index (κ1) is 13.1. The molecule has 0 radical (unpaired) electrons. The molecule has 0 aromatic rings. The molecule has 1 aliphatic heterocycles. The van der Waals surface area contributed by atoms with E-state index in [-0.39, 0.29) is 0 Å². The lowest BCUT2D eigenvalue weighted by Gasteiger charge is -2.30. The third-order valence-electron chi connectivity index (χ3n) is 2.50. The topological polar surface area (TPSA) is 15.7 Å². The van der Waals surface area contributed by atoms with Gasteiger partial charge in [0.05, 0.1) is 12.8 Å². The second kappa shape index (κ2) is 7.32. The van der Waals surface area contributed by atoms with Crippen LogP contribution in [0.15, 0.2) is 11.8 Å². The first-order valence-corrected chi connectivity index (χ1v) is 5.80. The number of likely N-dealkylation sites (N-methyl/N-ethyl adjacent to an activating group) is 1. The zero-order valence-electron chi connectivity index (χ0n) is 10.6. The van der Waals surface area contributed by atoms with Crippen molar-refractivity contribution in [3.63, 3.8) is 0 Å². The van der Waals surface area contributed by atoms with E-state index in [0.29, 0.717) is 6.61 Å². The maximum Gasteiger partial charge on any atom is 0.148 e. The van der Waals surface area contributed by atoms with Crippen molar-refractivity contribution in [2.75, 3.05) is 46.4 Å². The van der Waals surface area contributed by atoms with Crippen LogP contribution in [0.5, 0.6) is 0 Å². The molecule has 0 N–H and O–H groups in total.